The van der Waals surface area contributed by atoms with Crippen molar-refractivity contribution in [1.82, 2.24) is 0 Å². The summed E-state index contributed by atoms with van der Waals surface area (Å²) >= 11 is 0. The first-order chi connectivity index (χ1) is 9.65. The van der Waals surface area contributed by atoms with E-state index in [2.05, 4.69) is 0 Å². The molecule has 0 unspecified atom stereocenters. The third-order valence-electron chi connectivity index (χ3n) is 4.61. The first-order valence-electron chi connectivity index (χ1n) is 7.16. The molecule has 1 atom stereocenters. The molecule has 3 fully saturated rings. The number of esters is 1. The van der Waals surface area contributed by atoms with Crippen LogP contribution < -0.4 is 5.11 Å². The number of fused-ring (bicyclic) bond motifs is 3. The van der Waals surface area contributed by atoms with Crippen LogP contribution in [-0.2, 0) is 4.74 Å². The van der Waals surface area contributed by atoms with Crippen molar-refractivity contribution >= 4 is 11.9 Å². The second kappa shape index (κ2) is 5.27. The minimum atomic E-state index is -1.34. The van der Waals surface area contributed by atoms with E-state index in [0.717, 1.165) is 19.3 Å². The smallest absolute Gasteiger partial charge is 0.339 e. The lowest BCUT2D eigenvalue weighted by Crippen LogP contribution is -2.38. The van der Waals surface area contributed by atoms with Crippen LogP contribution in [0.5, 0.6) is 0 Å². The molecule has 0 N–H and O–H groups in total. The number of benzene rings is 1. The Hall–Kier alpha value is -1.84. The molecule has 3 aliphatic carbocycles. The van der Waals surface area contributed by atoms with Gasteiger partial charge in [-0.1, -0.05) is 18.2 Å². The van der Waals surface area contributed by atoms with Crippen LogP contribution in [0.15, 0.2) is 24.3 Å². The van der Waals surface area contributed by atoms with E-state index in [4.69, 9.17) is 4.74 Å². The second-order valence-corrected chi connectivity index (χ2v) is 5.79. The highest BCUT2D eigenvalue weighted by Gasteiger charge is 2.38. The number of hydrogen-bond donors (Lipinski definition) is 0. The van der Waals surface area contributed by atoms with Gasteiger partial charge in [0, 0.05) is 5.56 Å². The molecule has 0 spiro atoms. The second-order valence-electron chi connectivity index (χ2n) is 5.79. The zero-order chi connectivity index (χ0) is 14.1. The molecule has 0 aliphatic heterocycles. The molecule has 4 rings (SSSR count). The molecule has 20 heavy (non-hydrogen) atoms. The van der Waals surface area contributed by atoms with Crippen LogP contribution in [0, 0.1) is 11.8 Å². The number of rotatable bonds is 3. The van der Waals surface area contributed by atoms with Crippen LogP contribution in [-0.4, -0.2) is 18.0 Å². The SMILES string of the molecule is O=C([O-])c1ccccc1C(=O)O[C@H]1CC2CCC1CC2. The van der Waals surface area contributed by atoms with E-state index in [0.29, 0.717) is 11.8 Å². The maximum Gasteiger partial charge on any atom is 0.339 e. The van der Waals surface area contributed by atoms with Gasteiger partial charge in [0.2, 0.25) is 0 Å². The van der Waals surface area contributed by atoms with Gasteiger partial charge >= 0.3 is 5.97 Å². The molecule has 3 aliphatic rings. The summed E-state index contributed by atoms with van der Waals surface area (Å²) in [6, 6.07) is 6.06. The molecule has 1 aromatic rings. The number of carbonyl (C=O) groups is 2. The number of aromatic carboxylic acids is 1. The van der Waals surface area contributed by atoms with Gasteiger partial charge in [0.25, 0.3) is 0 Å². The zero-order valence-corrected chi connectivity index (χ0v) is 11.2. The lowest BCUT2D eigenvalue weighted by atomic mass is 9.69. The fourth-order valence-corrected chi connectivity index (χ4v) is 3.50. The molecular weight excluding hydrogens is 256 g/mol. The Morgan fingerprint density at radius 3 is 2.25 bits per heavy atom. The number of carbonyl (C=O) groups excluding carboxylic acids is 2. The van der Waals surface area contributed by atoms with Gasteiger partial charge in [-0.25, -0.2) is 4.79 Å². The molecule has 4 heteroatoms. The quantitative estimate of drug-likeness (QED) is 0.787. The summed E-state index contributed by atoms with van der Waals surface area (Å²) in [5.74, 6) is -0.779. The first kappa shape index (κ1) is 13.2. The molecule has 4 nitrogen and oxygen atoms in total. The molecule has 0 heterocycles. The Morgan fingerprint density at radius 2 is 1.70 bits per heavy atom. The zero-order valence-electron chi connectivity index (χ0n) is 11.2. The lowest BCUT2D eigenvalue weighted by molar-refractivity contribution is -0.255. The molecule has 0 radical (unpaired) electrons. The Bertz CT molecular complexity index is 529. The number of carboxylic acid groups (broad SMARTS) is 1. The van der Waals surface area contributed by atoms with Crippen LogP contribution in [0.1, 0.15) is 52.8 Å². The topological polar surface area (TPSA) is 66.4 Å². The van der Waals surface area contributed by atoms with Crippen LogP contribution in [0.3, 0.4) is 0 Å². The standard InChI is InChI=1S/C16H18O4/c17-15(18)12-3-1-2-4-13(12)16(19)20-14-9-10-5-7-11(14)8-6-10/h1-4,10-11,14H,5-9H2,(H,17,18)/p-1/t10?,11?,14-/m0/s1. The Morgan fingerprint density at radius 1 is 1.05 bits per heavy atom. The summed E-state index contributed by atoms with van der Waals surface area (Å²) in [5, 5.41) is 11.0. The van der Waals surface area contributed by atoms with Crippen LogP contribution in [0.4, 0.5) is 0 Å². The van der Waals surface area contributed by atoms with E-state index < -0.39 is 11.9 Å². The van der Waals surface area contributed by atoms with E-state index in [1.165, 1.54) is 25.0 Å². The van der Waals surface area contributed by atoms with Gasteiger partial charge in [-0.05, 0) is 50.0 Å². The fourth-order valence-electron chi connectivity index (χ4n) is 3.50. The van der Waals surface area contributed by atoms with Crippen molar-refractivity contribution < 1.29 is 19.4 Å². The monoisotopic (exact) mass is 273 g/mol. The fraction of sp³-hybridized carbons (Fsp3) is 0.500. The van der Waals surface area contributed by atoms with Gasteiger partial charge in [-0.3, -0.25) is 0 Å². The molecule has 1 aromatic carbocycles. The number of ether oxygens (including phenoxy) is 1. The molecule has 2 bridgehead atoms. The van der Waals surface area contributed by atoms with Crippen LogP contribution in [0.2, 0.25) is 0 Å². The summed E-state index contributed by atoms with van der Waals surface area (Å²) in [6.45, 7) is 0. The highest BCUT2D eigenvalue weighted by molar-refractivity contribution is 6.01. The van der Waals surface area contributed by atoms with Crippen LogP contribution >= 0.6 is 0 Å². The maximum atomic E-state index is 12.2. The van der Waals surface area contributed by atoms with Gasteiger partial charge < -0.3 is 14.6 Å². The largest absolute Gasteiger partial charge is 0.545 e. The molecule has 3 saturated carbocycles. The molecule has 0 aromatic heterocycles. The van der Waals surface area contributed by atoms with Gasteiger partial charge in [-0.15, -0.1) is 0 Å². The molecule has 106 valence electrons. The van der Waals surface area contributed by atoms with Gasteiger partial charge in [0.05, 0.1) is 11.5 Å². The molecular formula is C16H17O4-. The summed E-state index contributed by atoms with van der Waals surface area (Å²) in [4.78, 5) is 23.2. The third-order valence-corrected chi connectivity index (χ3v) is 4.61. The first-order valence-corrected chi connectivity index (χ1v) is 7.16. The Balaban J connectivity index is 1.75. The predicted octanol–water partition coefficient (Wildman–Crippen LogP) is 1.79. The molecule has 0 amide bonds. The van der Waals surface area contributed by atoms with Crippen molar-refractivity contribution in [1.29, 1.82) is 0 Å². The van der Waals surface area contributed by atoms with Crippen molar-refractivity contribution in [2.24, 2.45) is 11.8 Å². The Kier molecular flexibility index (Phi) is 3.47. The maximum absolute atomic E-state index is 12.2. The van der Waals surface area contributed by atoms with Gasteiger partial charge in [-0.2, -0.15) is 0 Å². The van der Waals surface area contributed by atoms with E-state index >= 15 is 0 Å². The van der Waals surface area contributed by atoms with Crippen LogP contribution in [0.25, 0.3) is 0 Å². The summed E-state index contributed by atoms with van der Waals surface area (Å²) < 4.78 is 5.57. The van der Waals surface area contributed by atoms with Gasteiger partial charge in [0.1, 0.15) is 6.10 Å². The van der Waals surface area contributed by atoms with Crippen molar-refractivity contribution in [3.8, 4) is 0 Å². The van der Waals surface area contributed by atoms with Crippen molar-refractivity contribution in [2.45, 2.75) is 38.2 Å². The van der Waals surface area contributed by atoms with Gasteiger partial charge in [0.15, 0.2) is 0 Å². The number of hydrogen-bond acceptors (Lipinski definition) is 4. The highest BCUT2D eigenvalue weighted by Crippen LogP contribution is 2.42. The predicted molar refractivity (Wildman–Crippen MR) is 70.0 cm³/mol. The number of carboxylic acids is 1. The van der Waals surface area contributed by atoms with E-state index in [-0.39, 0.29) is 17.2 Å². The third kappa shape index (κ3) is 2.42. The molecule has 0 saturated heterocycles. The van der Waals surface area contributed by atoms with E-state index in [1.807, 2.05) is 0 Å². The highest BCUT2D eigenvalue weighted by atomic mass is 16.5. The minimum Gasteiger partial charge on any atom is -0.545 e. The average molecular weight is 273 g/mol. The van der Waals surface area contributed by atoms with Crippen molar-refractivity contribution in [3.63, 3.8) is 0 Å². The normalized spacial score (nSPS) is 28.1. The van der Waals surface area contributed by atoms with E-state index in [1.54, 1.807) is 12.1 Å². The minimum absolute atomic E-state index is 0.0511. The summed E-state index contributed by atoms with van der Waals surface area (Å²) in [7, 11) is 0. The summed E-state index contributed by atoms with van der Waals surface area (Å²) in [5.41, 5.74) is -0.00702. The average Bonchev–Trinajstić information content (AvgIpc) is 2.48. The van der Waals surface area contributed by atoms with Crippen molar-refractivity contribution in [3.05, 3.63) is 35.4 Å². The Labute approximate surface area is 117 Å². The van der Waals surface area contributed by atoms with E-state index in [9.17, 15) is 14.7 Å². The summed E-state index contributed by atoms with van der Waals surface area (Å²) in [6.07, 6.45) is 5.56. The lowest BCUT2D eigenvalue weighted by Gasteiger charge is -2.41. The van der Waals surface area contributed by atoms with Crippen molar-refractivity contribution in [2.75, 3.05) is 0 Å².